The summed E-state index contributed by atoms with van der Waals surface area (Å²) in [6, 6.07) is 3.40. The van der Waals surface area contributed by atoms with E-state index in [1.165, 1.54) is 0 Å². The van der Waals surface area contributed by atoms with Gasteiger partial charge in [-0.2, -0.15) is 0 Å². The first-order chi connectivity index (χ1) is 6.15. The molecule has 0 spiro atoms. The third-order valence-corrected chi connectivity index (χ3v) is 1.96. The van der Waals surface area contributed by atoms with E-state index >= 15 is 0 Å². The lowest BCUT2D eigenvalue weighted by molar-refractivity contribution is 0.201. The van der Waals surface area contributed by atoms with Gasteiger partial charge < -0.3 is 15.6 Å². The molecule has 3 N–H and O–H groups in total. The van der Waals surface area contributed by atoms with Crippen LogP contribution in [0.1, 0.15) is 5.56 Å². The van der Waals surface area contributed by atoms with Crippen molar-refractivity contribution >= 4 is 17.3 Å². The first-order valence-corrected chi connectivity index (χ1v) is 4.32. The molecule has 0 saturated heterocycles. The summed E-state index contributed by atoms with van der Waals surface area (Å²) in [5.41, 5.74) is 7.18. The fourth-order valence-corrected chi connectivity index (χ4v) is 1.16. The number of aliphatic hydroxyl groups is 1. The molecule has 0 saturated carbocycles. The van der Waals surface area contributed by atoms with E-state index in [0.717, 1.165) is 5.56 Å². The molecular weight excluding hydrogens is 190 g/mol. The molecule has 0 amide bonds. The third kappa shape index (κ3) is 2.50. The average Bonchev–Trinajstić information content (AvgIpc) is 2.09. The molecule has 0 aliphatic carbocycles. The predicted molar refractivity (Wildman–Crippen MR) is 53.2 cm³/mol. The van der Waals surface area contributed by atoms with Gasteiger partial charge >= 0.3 is 0 Å². The Balaban J connectivity index is 2.88. The van der Waals surface area contributed by atoms with Gasteiger partial charge in [-0.25, -0.2) is 0 Å². The lowest BCUT2D eigenvalue weighted by Gasteiger charge is -2.08. The molecule has 1 aromatic rings. The fourth-order valence-electron chi connectivity index (χ4n) is 0.937. The topological polar surface area (TPSA) is 55.5 Å². The molecule has 0 aliphatic rings. The molecule has 0 bridgehead atoms. The van der Waals surface area contributed by atoms with E-state index in [1.807, 2.05) is 6.92 Å². The second-order valence-corrected chi connectivity index (χ2v) is 3.12. The second-order valence-electron chi connectivity index (χ2n) is 2.71. The summed E-state index contributed by atoms with van der Waals surface area (Å²) in [7, 11) is 0. The summed E-state index contributed by atoms with van der Waals surface area (Å²) in [5.74, 6) is 0.558. The minimum absolute atomic E-state index is 0.0280. The zero-order valence-electron chi connectivity index (χ0n) is 7.38. The van der Waals surface area contributed by atoms with Crippen molar-refractivity contribution in [3.05, 3.63) is 22.7 Å². The number of benzene rings is 1. The Labute approximate surface area is 82.1 Å². The van der Waals surface area contributed by atoms with Gasteiger partial charge in [0.25, 0.3) is 0 Å². The Kier molecular flexibility index (Phi) is 3.39. The molecule has 0 heterocycles. The largest absolute Gasteiger partial charge is 0.490 e. The van der Waals surface area contributed by atoms with Gasteiger partial charge in [-0.05, 0) is 24.6 Å². The molecule has 0 aromatic heterocycles. The molecule has 1 aromatic carbocycles. The molecule has 72 valence electrons. The fraction of sp³-hybridized carbons (Fsp3) is 0.333. The maximum Gasteiger partial charge on any atom is 0.138 e. The number of aryl methyl sites for hydroxylation is 1. The summed E-state index contributed by atoms with van der Waals surface area (Å²) in [6.45, 7) is 2.08. The Morgan fingerprint density at radius 3 is 2.85 bits per heavy atom. The zero-order chi connectivity index (χ0) is 9.84. The van der Waals surface area contributed by atoms with Gasteiger partial charge in [0.1, 0.15) is 12.4 Å². The van der Waals surface area contributed by atoms with Crippen molar-refractivity contribution in [2.45, 2.75) is 6.92 Å². The number of halogens is 1. The van der Waals surface area contributed by atoms with E-state index in [1.54, 1.807) is 12.1 Å². The van der Waals surface area contributed by atoms with Crippen molar-refractivity contribution < 1.29 is 9.84 Å². The van der Waals surface area contributed by atoms with Gasteiger partial charge in [0.2, 0.25) is 0 Å². The maximum atomic E-state index is 8.55. The van der Waals surface area contributed by atoms with Gasteiger partial charge in [-0.3, -0.25) is 0 Å². The third-order valence-electron chi connectivity index (χ3n) is 1.67. The summed E-state index contributed by atoms with van der Waals surface area (Å²) in [6.07, 6.45) is 0. The number of rotatable bonds is 3. The van der Waals surface area contributed by atoms with Crippen LogP contribution in [0.4, 0.5) is 5.69 Å². The molecular formula is C9H12ClNO2. The van der Waals surface area contributed by atoms with Crippen molar-refractivity contribution in [3.8, 4) is 5.75 Å². The molecule has 0 atom stereocenters. The zero-order valence-corrected chi connectivity index (χ0v) is 8.14. The van der Waals surface area contributed by atoms with Crippen LogP contribution in [-0.4, -0.2) is 18.3 Å². The van der Waals surface area contributed by atoms with Crippen LogP contribution in [0.3, 0.4) is 0 Å². The van der Waals surface area contributed by atoms with Crippen molar-refractivity contribution in [3.63, 3.8) is 0 Å². The Hall–Kier alpha value is -0.930. The summed E-state index contributed by atoms with van der Waals surface area (Å²) < 4.78 is 5.18. The highest BCUT2D eigenvalue weighted by Gasteiger charge is 2.04. The summed E-state index contributed by atoms with van der Waals surface area (Å²) >= 11 is 5.85. The molecule has 0 unspecified atom stereocenters. The Bertz CT molecular complexity index is 302. The number of ether oxygens (including phenoxy) is 1. The van der Waals surface area contributed by atoms with Crippen LogP contribution in [0, 0.1) is 6.92 Å². The van der Waals surface area contributed by atoms with Crippen molar-refractivity contribution in [2.75, 3.05) is 18.9 Å². The van der Waals surface area contributed by atoms with Crippen LogP contribution < -0.4 is 10.5 Å². The Morgan fingerprint density at radius 2 is 2.23 bits per heavy atom. The molecule has 1 rings (SSSR count). The summed E-state index contributed by atoms with van der Waals surface area (Å²) in [5, 5.41) is 9.02. The van der Waals surface area contributed by atoms with Crippen LogP contribution in [0.15, 0.2) is 12.1 Å². The lowest BCUT2D eigenvalue weighted by atomic mass is 10.2. The van der Waals surface area contributed by atoms with Crippen LogP contribution in [0.2, 0.25) is 5.02 Å². The highest BCUT2D eigenvalue weighted by atomic mass is 35.5. The average molecular weight is 202 g/mol. The van der Waals surface area contributed by atoms with E-state index in [0.29, 0.717) is 16.5 Å². The predicted octanol–water partition coefficient (Wildman–Crippen LogP) is 1.60. The lowest BCUT2D eigenvalue weighted by Crippen LogP contribution is -2.02. The minimum Gasteiger partial charge on any atom is -0.490 e. The number of hydrogen-bond donors (Lipinski definition) is 2. The van der Waals surface area contributed by atoms with Gasteiger partial charge in [-0.15, -0.1) is 0 Å². The van der Waals surface area contributed by atoms with Crippen molar-refractivity contribution in [2.24, 2.45) is 0 Å². The van der Waals surface area contributed by atoms with Gasteiger partial charge in [-0.1, -0.05) is 11.6 Å². The van der Waals surface area contributed by atoms with E-state index in [9.17, 15) is 0 Å². The van der Waals surface area contributed by atoms with Crippen LogP contribution >= 0.6 is 11.6 Å². The van der Waals surface area contributed by atoms with Crippen molar-refractivity contribution in [1.82, 2.24) is 0 Å². The number of nitrogens with two attached hydrogens (primary N) is 1. The molecule has 0 radical (unpaired) electrons. The number of anilines is 1. The van der Waals surface area contributed by atoms with Gasteiger partial charge in [0.15, 0.2) is 0 Å². The van der Waals surface area contributed by atoms with Gasteiger partial charge in [0.05, 0.1) is 11.6 Å². The van der Waals surface area contributed by atoms with Gasteiger partial charge in [0, 0.05) is 5.69 Å². The Morgan fingerprint density at radius 1 is 1.54 bits per heavy atom. The van der Waals surface area contributed by atoms with Crippen molar-refractivity contribution in [1.29, 1.82) is 0 Å². The van der Waals surface area contributed by atoms with Crippen LogP contribution in [0.5, 0.6) is 5.75 Å². The highest BCUT2D eigenvalue weighted by molar-refractivity contribution is 6.32. The standard InChI is InChI=1S/C9H12ClNO2/c1-6-4-9(13-3-2-12)7(10)5-8(6)11/h4-5,12H,2-3,11H2,1H3. The SMILES string of the molecule is Cc1cc(OCCO)c(Cl)cc1N. The maximum absolute atomic E-state index is 8.55. The van der Waals surface area contributed by atoms with Crippen LogP contribution in [0.25, 0.3) is 0 Å². The summed E-state index contributed by atoms with van der Waals surface area (Å²) in [4.78, 5) is 0. The minimum atomic E-state index is -0.0280. The molecule has 0 fully saturated rings. The van der Waals surface area contributed by atoms with E-state index in [4.69, 9.17) is 27.2 Å². The second kappa shape index (κ2) is 4.35. The highest BCUT2D eigenvalue weighted by Crippen LogP contribution is 2.29. The smallest absolute Gasteiger partial charge is 0.138 e. The first kappa shape index (κ1) is 10.2. The molecule has 4 heteroatoms. The van der Waals surface area contributed by atoms with E-state index in [2.05, 4.69) is 0 Å². The molecule has 3 nitrogen and oxygen atoms in total. The molecule has 0 aliphatic heterocycles. The number of hydrogen-bond acceptors (Lipinski definition) is 3. The van der Waals surface area contributed by atoms with Crippen LogP contribution in [-0.2, 0) is 0 Å². The van der Waals surface area contributed by atoms with E-state index < -0.39 is 0 Å². The normalized spacial score (nSPS) is 10.1. The first-order valence-electron chi connectivity index (χ1n) is 3.94. The quantitative estimate of drug-likeness (QED) is 0.731. The molecule has 13 heavy (non-hydrogen) atoms. The monoisotopic (exact) mass is 201 g/mol. The number of aliphatic hydroxyl groups excluding tert-OH is 1. The van der Waals surface area contributed by atoms with E-state index in [-0.39, 0.29) is 13.2 Å². The number of nitrogen functional groups attached to an aromatic ring is 1.